The zero-order valence-electron chi connectivity index (χ0n) is 35.6. The molecular formula is C48H73O10P. The molecule has 0 aliphatic rings. The summed E-state index contributed by atoms with van der Waals surface area (Å²) in [4.78, 5) is 34.9. The van der Waals surface area contributed by atoms with Crippen molar-refractivity contribution in [2.24, 2.45) is 0 Å². The van der Waals surface area contributed by atoms with Crippen LogP contribution < -0.4 is 0 Å². The quantitative estimate of drug-likeness (QED) is 0.0181. The second-order valence-electron chi connectivity index (χ2n) is 13.3. The molecule has 0 aromatic carbocycles. The minimum atomic E-state index is -4.65. The van der Waals surface area contributed by atoms with E-state index < -0.39 is 51.8 Å². The number of ether oxygens (including phenoxy) is 2. The maximum atomic E-state index is 12.6. The molecule has 3 N–H and O–H groups in total. The van der Waals surface area contributed by atoms with Gasteiger partial charge in [-0.25, -0.2) is 4.57 Å². The third-order valence-corrected chi connectivity index (χ3v) is 8.85. The van der Waals surface area contributed by atoms with Crippen LogP contribution in [0, 0.1) is 0 Å². The highest BCUT2D eigenvalue weighted by Gasteiger charge is 2.27. The maximum Gasteiger partial charge on any atom is 0.472 e. The lowest BCUT2D eigenvalue weighted by Crippen LogP contribution is -2.29. The molecule has 0 rings (SSSR count). The van der Waals surface area contributed by atoms with Crippen LogP contribution in [0.15, 0.2) is 134 Å². The first-order chi connectivity index (χ1) is 28.7. The number of aliphatic hydroxyl groups excluding tert-OH is 2. The van der Waals surface area contributed by atoms with Crippen LogP contribution in [0.2, 0.25) is 0 Å². The van der Waals surface area contributed by atoms with Gasteiger partial charge < -0.3 is 24.6 Å². The summed E-state index contributed by atoms with van der Waals surface area (Å²) >= 11 is 0. The lowest BCUT2D eigenvalue weighted by Gasteiger charge is -2.20. The number of esters is 2. The summed E-state index contributed by atoms with van der Waals surface area (Å²) in [6.45, 7) is 1.96. The Labute approximate surface area is 355 Å². The van der Waals surface area contributed by atoms with Gasteiger partial charge in [0.2, 0.25) is 0 Å². The lowest BCUT2D eigenvalue weighted by atomic mass is 10.1. The molecule has 0 aliphatic heterocycles. The van der Waals surface area contributed by atoms with Gasteiger partial charge in [0.05, 0.1) is 19.8 Å². The Balaban J connectivity index is 4.46. The minimum absolute atomic E-state index is 0.116. The number of rotatable bonds is 37. The van der Waals surface area contributed by atoms with Gasteiger partial charge in [-0.15, -0.1) is 0 Å². The molecule has 3 atom stereocenters. The third-order valence-electron chi connectivity index (χ3n) is 7.89. The number of aliphatic hydroxyl groups is 2. The Morgan fingerprint density at radius 1 is 0.525 bits per heavy atom. The molecule has 330 valence electrons. The van der Waals surface area contributed by atoms with Gasteiger partial charge in [-0.1, -0.05) is 154 Å². The number of carbonyl (C=O) groups excluding carboxylic acids is 2. The van der Waals surface area contributed by atoms with Crippen molar-refractivity contribution in [3.63, 3.8) is 0 Å². The molecule has 0 fully saturated rings. The first-order valence-corrected chi connectivity index (χ1v) is 22.7. The SMILES string of the molecule is CC/C=C/C=C/C=C/C=C/CCCCCC(=O)OC(COC(=O)CCC/C=C/C/C=C/C/C=C/C/C=C/C/C=C/C/C=C/C/C=C/CC)COP(=O)(O)OC[C@H](O)CO. The molecule has 0 aromatic heterocycles. The van der Waals surface area contributed by atoms with Crippen LogP contribution in [0.25, 0.3) is 0 Å². The van der Waals surface area contributed by atoms with Crippen LogP contribution in [-0.2, 0) is 32.7 Å². The second kappa shape index (κ2) is 42.2. The molecule has 0 radical (unpaired) electrons. The van der Waals surface area contributed by atoms with Gasteiger partial charge >= 0.3 is 19.8 Å². The molecule has 0 heterocycles. The summed E-state index contributed by atoms with van der Waals surface area (Å²) < 4.78 is 32.6. The zero-order valence-corrected chi connectivity index (χ0v) is 36.5. The Bertz CT molecular complexity index is 1430. The minimum Gasteiger partial charge on any atom is -0.462 e. The average Bonchev–Trinajstić information content (AvgIpc) is 3.22. The van der Waals surface area contributed by atoms with E-state index >= 15 is 0 Å². The number of phosphoric ester groups is 1. The van der Waals surface area contributed by atoms with Crippen LogP contribution in [0.5, 0.6) is 0 Å². The highest BCUT2D eigenvalue weighted by atomic mass is 31.2. The smallest absolute Gasteiger partial charge is 0.462 e. The van der Waals surface area contributed by atoms with Crippen molar-refractivity contribution in [1.82, 2.24) is 0 Å². The number of carbonyl (C=O) groups is 2. The second-order valence-corrected chi connectivity index (χ2v) is 14.8. The van der Waals surface area contributed by atoms with Gasteiger partial charge in [0, 0.05) is 12.8 Å². The molecule has 0 amide bonds. The summed E-state index contributed by atoms with van der Waals surface area (Å²) in [6.07, 6.45) is 55.8. The summed E-state index contributed by atoms with van der Waals surface area (Å²) in [5.74, 6) is -1.06. The molecule has 59 heavy (non-hydrogen) atoms. The van der Waals surface area contributed by atoms with Gasteiger partial charge in [0.1, 0.15) is 12.7 Å². The van der Waals surface area contributed by atoms with Gasteiger partial charge in [-0.3, -0.25) is 18.6 Å². The number of hydrogen-bond donors (Lipinski definition) is 3. The third kappa shape index (κ3) is 42.1. The van der Waals surface area contributed by atoms with E-state index in [0.717, 1.165) is 70.6 Å². The Hall–Kier alpha value is -3.89. The van der Waals surface area contributed by atoms with Gasteiger partial charge in [0.15, 0.2) is 6.10 Å². The van der Waals surface area contributed by atoms with Crippen molar-refractivity contribution in [3.8, 4) is 0 Å². The van der Waals surface area contributed by atoms with Crippen LogP contribution in [0.1, 0.15) is 117 Å². The normalized spacial score (nSPS) is 15.1. The van der Waals surface area contributed by atoms with E-state index in [1.807, 2.05) is 48.6 Å². The fourth-order valence-electron chi connectivity index (χ4n) is 4.70. The number of hydrogen-bond acceptors (Lipinski definition) is 9. The maximum absolute atomic E-state index is 12.6. The molecule has 0 bridgehead atoms. The summed E-state index contributed by atoms with van der Waals surface area (Å²) in [5.41, 5.74) is 0. The number of phosphoric acid groups is 1. The van der Waals surface area contributed by atoms with Crippen molar-refractivity contribution < 1.29 is 47.8 Å². The molecule has 0 spiro atoms. The van der Waals surface area contributed by atoms with E-state index in [1.165, 1.54) is 0 Å². The van der Waals surface area contributed by atoms with Gasteiger partial charge in [-0.2, -0.15) is 0 Å². The first-order valence-electron chi connectivity index (χ1n) is 21.2. The molecule has 2 unspecified atom stereocenters. The summed E-state index contributed by atoms with van der Waals surface area (Å²) in [5, 5.41) is 18.3. The van der Waals surface area contributed by atoms with Crippen LogP contribution >= 0.6 is 7.82 Å². The van der Waals surface area contributed by atoms with Crippen molar-refractivity contribution in [3.05, 3.63) is 134 Å². The predicted octanol–water partition coefficient (Wildman–Crippen LogP) is 11.3. The Morgan fingerprint density at radius 3 is 1.53 bits per heavy atom. The highest BCUT2D eigenvalue weighted by molar-refractivity contribution is 7.47. The van der Waals surface area contributed by atoms with E-state index in [2.05, 4.69) is 103 Å². The molecule has 0 saturated heterocycles. The Kier molecular flexibility index (Phi) is 39.5. The topological polar surface area (TPSA) is 149 Å². The molecule has 0 aromatic rings. The van der Waals surface area contributed by atoms with Crippen molar-refractivity contribution in [1.29, 1.82) is 0 Å². The zero-order chi connectivity index (χ0) is 43.3. The number of allylic oxidation sites excluding steroid dienone is 22. The van der Waals surface area contributed by atoms with Crippen LogP contribution in [0.3, 0.4) is 0 Å². The van der Waals surface area contributed by atoms with Crippen molar-refractivity contribution >= 4 is 19.8 Å². The Morgan fingerprint density at radius 2 is 0.983 bits per heavy atom. The van der Waals surface area contributed by atoms with E-state index in [0.29, 0.717) is 19.3 Å². The van der Waals surface area contributed by atoms with E-state index in [1.54, 1.807) is 0 Å². The average molecular weight is 841 g/mol. The van der Waals surface area contributed by atoms with E-state index in [4.69, 9.17) is 19.1 Å². The van der Waals surface area contributed by atoms with Gasteiger partial charge in [-0.05, 0) is 83.5 Å². The van der Waals surface area contributed by atoms with Gasteiger partial charge in [0.25, 0.3) is 0 Å². The molecular weight excluding hydrogens is 767 g/mol. The molecule has 11 heteroatoms. The summed E-state index contributed by atoms with van der Waals surface area (Å²) in [7, 11) is -4.65. The van der Waals surface area contributed by atoms with E-state index in [9.17, 15) is 24.2 Å². The predicted molar refractivity (Wildman–Crippen MR) is 241 cm³/mol. The summed E-state index contributed by atoms with van der Waals surface area (Å²) in [6, 6.07) is 0. The fraction of sp³-hybridized carbons (Fsp3) is 0.500. The molecule has 10 nitrogen and oxygen atoms in total. The standard InChI is InChI=1S/C48H73O10P/c1-3-5-7-9-11-13-15-17-18-19-20-21-22-23-24-25-26-28-29-31-33-35-37-39-47(51)55-43-46(44-57-59(53,54)56-42-45(50)41-49)58-48(52)40-38-36-34-32-30-27-16-14-12-10-8-6-4-2/h5-8,10-14,16-18,20-21,23-24,26-28,30-31,33,45-46,49-50H,3-4,9,15,19,22,25,29,32,34-44H2,1-2H3,(H,53,54)/b7-5+,8-6+,12-10+,13-11+,16-14+,18-17+,21-20+,24-23+,28-26+,30-27+,33-31+/t45-,46?/m1/s1. The van der Waals surface area contributed by atoms with Crippen LogP contribution in [-0.4, -0.2) is 65.7 Å². The monoisotopic (exact) mass is 840 g/mol. The van der Waals surface area contributed by atoms with E-state index in [-0.39, 0.29) is 19.4 Å². The number of unbranched alkanes of at least 4 members (excludes halogenated alkanes) is 4. The molecule has 0 saturated carbocycles. The van der Waals surface area contributed by atoms with Crippen molar-refractivity contribution in [2.45, 2.75) is 129 Å². The fourth-order valence-corrected chi connectivity index (χ4v) is 5.49. The molecule has 0 aliphatic carbocycles. The largest absolute Gasteiger partial charge is 0.472 e. The highest BCUT2D eigenvalue weighted by Crippen LogP contribution is 2.43. The lowest BCUT2D eigenvalue weighted by molar-refractivity contribution is -0.161. The van der Waals surface area contributed by atoms with Crippen LogP contribution in [0.4, 0.5) is 0 Å². The van der Waals surface area contributed by atoms with Crippen molar-refractivity contribution in [2.75, 3.05) is 26.4 Å². The first kappa shape index (κ1) is 55.1.